The molecule has 0 saturated carbocycles. The summed E-state index contributed by atoms with van der Waals surface area (Å²) in [6.07, 6.45) is 2.69. The van der Waals surface area contributed by atoms with Gasteiger partial charge in [0, 0.05) is 31.6 Å². The van der Waals surface area contributed by atoms with Crippen molar-refractivity contribution in [2.24, 2.45) is 0 Å². The number of aryl methyl sites for hydroxylation is 2. The lowest BCUT2D eigenvalue weighted by atomic mass is 10.1. The van der Waals surface area contributed by atoms with Crippen LogP contribution in [0.2, 0.25) is 0 Å². The van der Waals surface area contributed by atoms with Gasteiger partial charge in [0.05, 0.1) is 18.1 Å². The van der Waals surface area contributed by atoms with Crippen molar-refractivity contribution < 1.29 is 17.9 Å². The lowest BCUT2D eigenvalue weighted by Crippen LogP contribution is -2.35. The van der Waals surface area contributed by atoms with Crippen molar-refractivity contribution in [2.45, 2.75) is 32.7 Å². The highest BCUT2D eigenvalue weighted by atomic mass is 32.2. The zero-order valence-electron chi connectivity index (χ0n) is 16.6. The highest BCUT2D eigenvalue weighted by Crippen LogP contribution is 2.23. The molecule has 152 valence electrons. The van der Waals surface area contributed by atoms with E-state index in [2.05, 4.69) is 5.32 Å². The SMILES string of the molecule is CCc1cccc(C)c1NC(=O)/C(C#N)=C\N(CCOC)C1CCS(=O)(=O)C1. The van der Waals surface area contributed by atoms with Gasteiger partial charge in [0.1, 0.15) is 11.6 Å². The standard InChI is InChI=1S/C20H27N3O4S/c1-4-16-7-5-6-15(2)19(16)22-20(24)17(12-21)13-23(9-10-27-3)18-8-11-28(25,26)14-18/h5-7,13,18H,4,8-11,14H2,1-3H3,(H,22,24)/b17-13-. The fraction of sp³-hybridized carbons (Fsp3) is 0.500. The molecule has 8 heteroatoms. The van der Waals surface area contributed by atoms with Gasteiger partial charge in [0.2, 0.25) is 0 Å². The number of carbonyl (C=O) groups is 1. The number of nitriles is 1. The minimum Gasteiger partial charge on any atom is -0.383 e. The summed E-state index contributed by atoms with van der Waals surface area (Å²) in [5.74, 6) is -0.368. The van der Waals surface area contributed by atoms with Crippen LogP contribution >= 0.6 is 0 Å². The number of amides is 1. The lowest BCUT2D eigenvalue weighted by Gasteiger charge is -2.26. The Morgan fingerprint density at radius 3 is 2.79 bits per heavy atom. The number of benzene rings is 1. The van der Waals surface area contributed by atoms with Crippen molar-refractivity contribution in [3.05, 3.63) is 41.1 Å². The molecule has 2 rings (SSSR count). The predicted octanol–water partition coefficient (Wildman–Crippen LogP) is 2.04. The number of hydrogen-bond donors (Lipinski definition) is 1. The van der Waals surface area contributed by atoms with Gasteiger partial charge in [0.25, 0.3) is 5.91 Å². The molecular weight excluding hydrogens is 378 g/mol. The quantitative estimate of drug-likeness (QED) is 0.525. The summed E-state index contributed by atoms with van der Waals surface area (Å²) in [4.78, 5) is 14.5. The van der Waals surface area contributed by atoms with Gasteiger partial charge in [-0.05, 0) is 30.9 Å². The second-order valence-corrected chi connectivity index (χ2v) is 9.09. The normalized spacial score (nSPS) is 18.5. The molecule has 0 radical (unpaired) electrons. The van der Waals surface area contributed by atoms with Gasteiger partial charge in [-0.1, -0.05) is 25.1 Å². The molecule has 1 aromatic carbocycles. The van der Waals surface area contributed by atoms with Gasteiger partial charge in [-0.3, -0.25) is 4.79 Å². The van der Waals surface area contributed by atoms with E-state index >= 15 is 0 Å². The average molecular weight is 406 g/mol. The molecule has 1 saturated heterocycles. The fourth-order valence-corrected chi connectivity index (χ4v) is 5.02. The first-order valence-electron chi connectivity index (χ1n) is 9.28. The molecule has 1 amide bonds. The molecule has 1 aliphatic heterocycles. The number of sulfone groups is 1. The molecule has 1 aromatic rings. The van der Waals surface area contributed by atoms with Gasteiger partial charge in [-0.25, -0.2) is 8.42 Å². The third-order valence-corrected chi connectivity index (χ3v) is 6.62. The summed E-state index contributed by atoms with van der Waals surface area (Å²) in [5.41, 5.74) is 2.56. The number of nitrogens with zero attached hydrogens (tertiary/aromatic N) is 2. The van der Waals surface area contributed by atoms with Crippen LogP contribution in [0.25, 0.3) is 0 Å². The van der Waals surface area contributed by atoms with E-state index in [0.29, 0.717) is 25.3 Å². The smallest absolute Gasteiger partial charge is 0.267 e. The molecule has 0 spiro atoms. The Hall–Kier alpha value is -2.37. The summed E-state index contributed by atoms with van der Waals surface area (Å²) in [6.45, 7) is 4.67. The van der Waals surface area contributed by atoms with Crippen LogP contribution in [0.5, 0.6) is 0 Å². The van der Waals surface area contributed by atoms with E-state index in [-0.39, 0.29) is 23.1 Å². The van der Waals surface area contributed by atoms with Crippen LogP contribution in [-0.4, -0.2) is 57.0 Å². The molecule has 1 fully saturated rings. The van der Waals surface area contributed by atoms with Crippen LogP contribution in [0.15, 0.2) is 30.0 Å². The van der Waals surface area contributed by atoms with E-state index in [1.807, 2.05) is 38.1 Å². The maximum atomic E-state index is 12.7. The summed E-state index contributed by atoms with van der Waals surface area (Å²) in [6, 6.07) is 7.45. The van der Waals surface area contributed by atoms with Crippen LogP contribution in [-0.2, 0) is 25.8 Å². The van der Waals surface area contributed by atoms with Gasteiger partial charge >= 0.3 is 0 Å². The molecule has 1 N–H and O–H groups in total. The summed E-state index contributed by atoms with van der Waals surface area (Å²) in [5, 5.41) is 12.4. The number of nitrogens with one attached hydrogen (secondary N) is 1. The van der Waals surface area contributed by atoms with Crippen LogP contribution in [0.1, 0.15) is 24.5 Å². The molecule has 1 aliphatic rings. The van der Waals surface area contributed by atoms with E-state index in [4.69, 9.17) is 4.74 Å². The Labute approximate surface area is 166 Å². The van der Waals surface area contributed by atoms with Crippen LogP contribution in [0.4, 0.5) is 5.69 Å². The van der Waals surface area contributed by atoms with Crippen molar-refractivity contribution in [1.29, 1.82) is 5.26 Å². The lowest BCUT2D eigenvalue weighted by molar-refractivity contribution is -0.112. The summed E-state index contributed by atoms with van der Waals surface area (Å²) in [7, 11) is -1.54. The number of carbonyl (C=O) groups excluding carboxylic acids is 1. The first kappa shape index (κ1) is 21.9. The Morgan fingerprint density at radius 1 is 1.46 bits per heavy atom. The summed E-state index contributed by atoms with van der Waals surface area (Å²) >= 11 is 0. The highest BCUT2D eigenvalue weighted by Gasteiger charge is 2.31. The minimum absolute atomic E-state index is 0.0192. The molecule has 28 heavy (non-hydrogen) atoms. The Bertz CT molecular complexity index is 887. The minimum atomic E-state index is -3.09. The Balaban J connectivity index is 2.26. The first-order valence-corrected chi connectivity index (χ1v) is 11.1. The second kappa shape index (κ2) is 9.71. The van der Waals surface area contributed by atoms with E-state index < -0.39 is 15.7 Å². The Kier molecular flexibility index (Phi) is 7.61. The number of ether oxygens (including phenoxy) is 1. The molecule has 1 unspecified atom stereocenters. The van der Waals surface area contributed by atoms with E-state index in [1.165, 1.54) is 6.20 Å². The van der Waals surface area contributed by atoms with Crippen LogP contribution in [0.3, 0.4) is 0 Å². The number of hydrogen-bond acceptors (Lipinski definition) is 6. The van der Waals surface area contributed by atoms with Crippen molar-refractivity contribution in [3.63, 3.8) is 0 Å². The third kappa shape index (κ3) is 5.57. The van der Waals surface area contributed by atoms with Gasteiger partial charge in [-0.2, -0.15) is 5.26 Å². The number of anilines is 1. The first-order chi connectivity index (χ1) is 13.3. The molecule has 0 aliphatic carbocycles. The van der Waals surface area contributed by atoms with E-state index in [9.17, 15) is 18.5 Å². The summed E-state index contributed by atoms with van der Waals surface area (Å²) < 4.78 is 28.8. The molecule has 1 heterocycles. The predicted molar refractivity (Wildman–Crippen MR) is 109 cm³/mol. The number of rotatable bonds is 8. The zero-order valence-corrected chi connectivity index (χ0v) is 17.4. The molecule has 0 bridgehead atoms. The molecule has 0 aromatic heterocycles. The number of methoxy groups -OCH3 is 1. The largest absolute Gasteiger partial charge is 0.383 e. The van der Waals surface area contributed by atoms with E-state index in [1.54, 1.807) is 12.0 Å². The molecule has 1 atom stereocenters. The Morgan fingerprint density at radius 2 is 2.21 bits per heavy atom. The monoisotopic (exact) mass is 405 g/mol. The van der Waals surface area contributed by atoms with Crippen molar-refractivity contribution in [1.82, 2.24) is 4.90 Å². The maximum Gasteiger partial charge on any atom is 0.267 e. The van der Waals surface area contributed by atoms with Gasteiger partial charge < -0.3 is 15.0 Å². The van der Waals surface area contributed by atoms with Gasteiger partial charge in [0.15, 0.2) is 9.84 Å². The van der Waals surface area contributed by atoms with Gasteiger partial charge in [-0.15, -0.1) is 0 Å². The maximum absolute atomic E-state index is 12.7. The van der Waals surface area contributed by atoms with Crippen LogP contribution in [0, 0.1) is 18.3 Å². The zero-order chi connectivity index (χ0) is 20.7. The van der Waals surface area contributed by atoms with Crippen molar-refractivity contribution in [2.75, 3.05) is 37.1 Å². The topological polar surface area (TPSA) is 99.5 Å². The number of para-hydroxylation sites is 1. The van der Waals surface area contributed by atoms with Crippen molar-refractivity contribution >= 4 is 21.4 Å². The fourth-order valence-electron chi connectivity index (χ4n) is 3.27. The van der Waals surface area contributed by atoms with E-state index in [0.717, 1.165) is 17.5 Å². The van der Waals surface area contributed by atoms with Crippen LogP contribution < -0.4 is 5.32 Å². The highest BCUT2D eigenvalue weighted by molar-refractivity contribution is 7.91. The molecule has 7 nitrogen and oxygen atoms in total. The average Bonchev–Trinajstić information content (AvgIpc) is 3.03. The second-order valence-electron chi connectivity index (χ2n) is 6.86. The third-order valence-electron chi connectivity index (χ3n) is 4.87. The van der Waals surface area contributed by atoms with Crippen molar-refractivity contribution in [3.8, 4) is 6.07 Å². The molecular formula is C20H27N3O4S.